The maximum Gasteiger partial charge on any atom is 0.315 e. The minimum absolute atomic E-state index is 0.174. The maximum absolute atomic E-state index is 12.2. The van der Waals surface area contributed by atoms with Gasteiger partial charge in [0.25, 0.3) is 0 Å². The van der Waals surface area contributed by atoms with Crippen LogP contribution in [0.4, 0.5) is 4.79 Å². The molecule has 32 heavy (non-hydrogen) atoms. The zero-order chi connectivity index (χ0) is 22.2. The van der Waals surface area contributed by atoms with Gasteiger partial charge in [-0.25, -0.2) is 9.48 Å². The Morgan fingerprint density at radius 2 is 1.56 bits per heavy atom. The molecule has 1 aliphatic heterocycles. The number of nitrogens with zero attached hydrogens (tertiary/aromatic N) is 4. The van der Waals surface area contributed by atoms with Crippen LogP contribution in [0.15, 0.2) is 67.0 Å². The van der Waals surface area contributed by atoms with Gasteiger partial charge in [-0.15, -0.1) is 0 Å². The fraction of sp³-hybridized carbons (Fsp3) is 0.360. The molecule has 2 aromatic carbocycles. The summed E-state index contributed by atoms with van der Waals surface area (Å²) in [4.78, 5) is 17.2. The lowest BCUT2D eigenvalue weighted by molar-refractivity contribution is 0.132. The van der Waals surface area contributed by atoms with E-state index in [4.69, 9.17) is 0 Å². The van der Waals surface area contributed by atoms with E-state index in [-0.39, 0.29) is 6.03 Å². The van der Waals surface area contributed by atoms with Crippen LogP contribution in [0.1, 0.15) is 23.6 Å². The Morgan fingerprint density at radius 1 is 0.875 bits per heavy atom. The third kappa shape index (κ3) is 6.18. The Kier molecular flexibility index (Phi) is 7.53. The molecule has 7 heteroatoms. The van der Waals surface area contributed by atoms with Crippen molar-refractivity contribution in [2.45, 2.75) is 26.6 Å². The van der Waals surface area contributed by atoms with Gasteiger partial charge in [0.2, 0.25) is 0 Å². The summed E-state index contributed by atoms with van der Waals surface area (Å²) in [5.74, 6) is 0. The van der Waals surface area contributed by atoms with Crippen LogP contribution in [0.5, 0.6) is 0 Å². The van der Waals surface area contributed by atoms with Gasteiger partial charge in [0.05, 0.1) is 5.69 Å². The molecule has 0 unspecified atom stereocenters. The van der Waals surface area contributed by atoms with Crippen LogP contribution in [0, 0.1) is 0 Å². The largest absolute Gasteiger partial charge is 0.334 e. The first-order valence-corrected chi connectivity index (χ1v) is 11.3. The number of benzene rings is 2. The quantitative estimate of drug-likeness (QED) is 0.574. The van der Waals surface area contributed by atoms with Gasteiger partial charge in [-0.1, -0.05) is 43.3 Å². The third-order valence-corrected chi connectivity index (χ3v) is 5.93. The van der Waals surface area contributed by atoms with E-state index in [0.717, 1.165) is 56.1 Å². The first-order valence-electron chi connectivity index (χ1n) is 11.3. The number of carbonyl (C=O) groups excluding carboxylic acids is 1. The van der Waals surface area contributed by atoms with Gasteiger partial charge < -0.3 is 15.5 Å². The molecule has 2 N–H and O–H groups in total. The Morgan fingerprint density at radius 3 is 2.25 bits per heavy atom. The predicted molar refractivity (Wildman–Crippen MR) is 126 cm³/mol. The van der Waals surface area contributed by atoms with E-state index in [0.29, 0.717) is 13.1 Å². The molecule has 1 aliphatic rings. The van der Waals surface area contributed by atoms with Gasteiger partial charge in [-0.3, -0.25) is 4.90 Å². The average Bonchev–Trinajstić information content (AvgIpc) is 3.38. The SMILES string of the molecule is CCN1CCN(Cc2ccc(CNC(=O)NCc3cccc(-n4cccn4)c3)cc2)CC1. The first-order chi connectivity index (χ1) is 15.7. The van der Waals surface area contributed by atoms with Gasteiger partial charge in [-0.05, 0) is 41.4 Å². The lowest BCUT2D eigenvalue weighted by Gasteiger charge is -2.34. The van der Waals surface area contributed by atoms with Crippen molar-refractivity contribution in [1.82, 2.24) is 30.2 Å². The van der Waals surface area contributed by atoms with Crippen LogP contribution in [0.3, 0.4) is 0 Å². The number of nitrogens with one attached hydrogen (secondary N) is 2. The van der Waals surface area contributed by atoms with E-state index in [9.17, 15) is 4.79 Å². The number of carbonyl (C=O) groups is 1. The highest BCUT2D eigenvalue weighted by Crippen LogP contribution is 2.11. The van der Waals surface area contributed by atoms with Crippen molar-refractivity contribution >= 4 is 6.03 Å². The van der Waals surface area contributed by atoms with Crippen LogP contribution < -0.4 is 10.6 Å². The second-order valence-electron chi connectivity index (χ2n) is 8.18. The first kappa shape index (κ1) is 22.0. The van der Waals surface area contributed by atoms with E-state index in [1.165, 1.54) is 5.56 Å². The molecule has 1 fully saturated rings. The topological polar surface area (TPSA) is 65.4 Å². The fourth-order valence-electron chi connectivity index (χ4n) is 3.94. The molecule has 0 saturated carbocycles. The van der Waals surface area contributed by atoms with E-state index in [2.05, 4.69) is 56.7 Å². The van der Waals surface area contributed by atoms with Crippen molar-refractivity contribution in [2.75, 3.05) is 32.7 Å². The molecule has 0 bridgehead atoms. The molecule has 1 aromatic heterocycles. The fourth-order valence-corrected chi connectivity index (χ4v) is 3.94. The molecule has 0 radical (unpaired) electrons. The number of likely N-dealkylation sites (N-methyl/N-ethyl adjacent to an activating group) is 1. The van der Waals surface area contributed by atoms with Crippen LogP contribution in [-0.4, -0.2) is 58.3 Å². The van der Waals surface area contributed by atoms with E-state index in [1.54, 1.807) is 10.9 Å². The molecule has 2 amide bonds. The van der Waals surface area contributed by atoms with E-state index >= 15 is 0 Å². The van der Waals surface area contributed by atoms with Crippen LogP contribution >= 0.6 is 0 Å². The van der Waals surface area contributed by atoms with Gasteiger partial charge in [-0.2, -0.15) is 5.10 Å². The van der Waals surface area contributed by atoms with Gasteiger partial charge in [0, 0.05) is 58.2 Å². The second kappa shape index (κ2) is 10.9. The average molecular weight is 433 g/mol. The smallest absolute Gasteiger partial charge is 0.315 e. The Labute approximate surface area is 190 Å². The molecular weight excluding hydrogens is 400 g/mol. The number of piperazine rings is 1. The number of urea groups is 1. The number of hydrogen-bond donors (Lipinski definition) is 2. The monoisotopic (exact) mass is 432 g/mol. The lowest BCUT2D eigenvalue weighted by atomic mass is 10.1. The standard InChI is InChI=1S/C25H32N6O/c1-2-29-13-15-30(16-14-29)20-22-9-7-21(8-10-22)18-26-25(32)27-19-23-5-3-6-24(17-23)31-12-4-11-28-31/h3-12,17H,2,13-16,18-20H2,1H3,(H2,26,27,32). The highest BCUT2D eigenvalue weighted by Gasteiger charge is 2.15. The number of aromatic nitrogens is 2. The second-order valence-corrected chi connectivity index (χ2v) is 8.18. The summed E-state index contributed by atoms with van der Waals surface area (Å²) in [5, 5.41) is 10.1. The molecule has 2 heterocycles. The number of rotatable bonds is 8. The van der Waals surface area contributed by atoms with Crippen molar-refractivity contribution in [3.63, 3.8) is 0 Å². The van der Waals surface area contributed by atoms with Crippen molar-refractivity contribution < 1.29 is 4.79 Å². The molecule has 0 aliphatic carbocycles. The molecule has 3 aromatic rings. The summed E-state index contributed by atoms with van der Waals surface area (Å²) in [6.07, 6.45) is 3.65. The molecule has 168 valence electrons. The van der Waals surface area contributed by atoms with Crippen molar-refractivity contribution in [1.29, 1.82) is 0 Å². The summed E-state index contributed by atoms with van der Waals surface area (Å²) < 4.78 is 1.80. The normalized spacial score (nSPS) is 14.9. The highest BCUT2D eigenvalue weighted by molar-refractivity contribution is 5.73. The number of hydrogen-bond acceptors (Lipinski definition) is 4. The molecule has 0 atom stereocenters. The van der Waals surface area contributed by atoms with Gasteiger partial charge in [0.1, 0.15) is 0 Å². The lowest BCUT2D eigenvalue weighted by Crippen LogP contribution is -2.45. The Hall–Kier alpha value is -3.16. The predicted octanol–water partition coefficient (Wildman–Crippen LogP) is 3.01. The van der Waals surface area contributed by atoms with Crippen molar-refractivity contribution in [3.8, 4) is 5.69 Å². The van der Waals surface area contributed by atoms with Crippen LogP contribution in [0.2, 0.25) is 0 Å². The van der Waals surface area contributed by atoms with Crippen molar-refractivity contribution in [2.24, 2.45) is 0 Å². The van der Waals surface area contributed by atoms with Crippen molar-refractivity contribution in [3.05, 3.63) is 83.7 Å². The van der Waals surface area contributed by atoms with E-state index in [1.807, 2.05) is 36.5 Å². The molecule has 7 nitrogen and oxygen atoms in total. The van der Waals surface area contributed by atoms with E-state index < -0.39 is 0 Å². The van der Waals surface area contributed by atoms with Gasteiger partial charge >= 0.3 is 6.03 Å². The summed E-state index contributed by atoms with van der Waals surface area (Å²) in [7, 11) is 0. The minimum Gasteiger partial charge on any atom is -0.334 e. The molecular formula is C25H32N6O. The zero-order valence-electron chi connectivity index (χ0n) is 18.7. The summed E-state index contributed by atoms with van der Waals surface area (Å²) in [6.45, 7) is 9.89. The molecule has 1 saturated heterocycles. The zero-order valence-corrected chi connectivity index (χ0v) is 18.7. The van der Waals surface area contributed by atoms with Gasteiger partial charge in [0.15, 0.2) is 0 Å². The highest BCUT2D eigenvalue weighted by atomic mass is 16.2. The number of amides is 2. The van der Waals surface area contributed by atoms with Crippen LogP contribution in [-0.2, 0) is 19.6 Å². The van der Waals surface area contributed by atoms with Crippen LogP contribution in [0.25, 0.3) is 5.69 Å². The maximum atomic E-state index is 12.2. The Balaban J connectivity index is 1.19. The third-order valence-electron chi connectivity index (χ3n) is 5.93. The minimum atomic E-state index is -0.174. The molecule has 0 spiro atoms. The summed E-state index contributed by atoms with van der Waals surface area (Å²) >= 11 is 0. The Bertz CT molecular complexity index is 978. The molecule has 4 rings (SSSR count). The summed E-state index contributed by atoms with van der Waals surface area (Å²) in [6, 6.07) is 18.2. The summed E-state index contributed by atoms with van der Waals surface area (Å²) in [5.41, 5.74) is 4.42.